The Hall–Kier alpha value is -1.49. The van der Waals surface area contributed by atoms with E-state index in [0.717, 1.165) is 12.1 Å². The SMILES string of the molecule is CC(C)(C)OC(=O)N(COCC[Si](C)(C)C)C1=N[C@](C)(c2cccc(F)c2F)C2C[C@]2(CO)S1. The van der Waals surface area contributed by atoms with Gasteiger partial charge in [0.25, 0.3) is 0 Å². The summed E-state index contributed by atoms with van der Waals surface area (Å²) < 4.78 is 39.8. The maximum absolute atomic E-state index is 14.9. The predicted molar refractivity (Wildman–Crippen MR) is 134 cm³/mol. The van der Waals surface area contributed by atoms with Crippen molar-refractivity contribution in [1.82, 2.24) is 4.90 Å². The van der Waals surface area contributed by atoms with Gasteiger partial charge in [-0.05, 0) is 46.2 Å². The Bertz CT molecular complexity index is 965. The summed E-state index contributed by atoms with van der Waals surface area (Å²) in [5.41, 5.74) is -1.80. The summed E-state index contributed by atoms with van der Waals surface area (Å²) in [6.07, 6.45) is -0.0762. The van der Waals surface area contributed by atoms with Crippen LogP contribution in [-0.2, 0) is 15.0 Å². The van der Waals surface area contributed by atoms with Gasteiger partial charge in [0.05, 0.1) is 16.9 Å². The molecular weight excluding hydrogens is 478 g/mol. The molecule has 0 spiro atoms. The molecular formula is C24H36F2N2O4SSi. The van der Waals surface area contributed by atoms with Crippen LogP contribution in [0.5, 0.6) is 0 Å². The Kier molecular flexibility index (Phi) is 7.59. The number of thioether (sulfide) groups is 1. The van der Waals surface area contributed by atoms with Gasteiger partial charge in [-0.1, -0.05) is 43.5 Å². The number of aliphatic hydroxyl groups is 1. The van der Waals surface area contributed by atoms with Crippen LogP contribution in [-0.4, -0.2) is 59.6 Å². The molecule has 3 rings (SSSR count). The van der Waals surface area contributed by atoms with Crippen LogP contribution in [0.3, 0.4) is 0 Å². The number of hydrogen-bond donors (Lipinski definition) is 1. The normalized spacial score (nSPS) is 26.5. The Morgan fingerprint density at radius 2 is 2.00 bits per heavy atom. The third-order valence-corrected chi connectivity index (χ3v) is 9.34. The third-order valence-electron chi connectivity index (χ3n) is 6.15. The minimum absolute atomic E-state index is 0.0842. The number of amidine groups is 1. The maximum atomic E-state index is 14.9. The zero-order valence-corrected chi connectivity index (χ0v) is 22.9. The number of aliphatic hydroxyl groups excluding tert-OH is 1. The number of rotatable bonds is 7. The Morgan fingerprint density at radius 1 is 1.32 bits per heavy atom. The Morgan fingerprint density at radius 3 is 2.59 bits per heavy atom. The molecule has 2 aliphatic rings. The number of ether oxygens (including phenoxy) is 2. The van der Waals surface area contributed by atoms with Crippen LogP contribution in [0.2, 0.25) is 25.7 Å². The van der Waals surface area contributed by atoms with Gasteiger partial charge in [0, 0.05) is 26.2 Å². The third kappa shape index (κ3) is 5.83. The molecule has 0 bridgehead atoms. The first-order valence-corrected chi connectivity index (χ1v) is 16.1. The van der Waals surface area contributed by atoms with E-state index in [-0.39, 0.29) is 30.0 Å². The molecule has 1 unspecified atom stereocenters. The van der Waals surface area contributed by atoms with Gasteiger partial charge in [0.2, 0.25) is 0 Å². The van der Waals surface area contributed by atoms with Crippen molar-refractivity contribution >= 4 is 31.1 Å². The number of aliphatic imine (C=N–C) groups is 1. The Labute approximate surface area is 206 Å². The first-order valence-electron chi connectivity index (χ1n) is 11.5. The van der Waals surface area contributed by atoms with E-state index >= 15 is 0 Å². The summed E-state index contributed by atoms with van der Waals surface area (Å²) in [5, 5.41) is 10.5. The summed E-state index contributed by atoms with van der Waals surface area (Å²) in [6, 6.07) is 4.95. The molecule has 0 radical (unpaired) electrons. The second-order valence-electron chi connectivity index (χ2n) is 11.5. The molecule has 1 aliphatic heterocycles. The number of nitrogens with zero attached hydrogens (tertiary/aromatic N) is 2. The lowest BCUT2D eigenvalue weighted by Gasteiger charge is -2.37. The minimum atomic E-state index is -1.34. The molecule has 0 saturated heterocycles. The van der Waals surface area contributed by atoms with E-state index in [1.54, 1.807) is 27.7 Å². The number of hydrogen-bond acceptors (Lipinski definition) is 6. The Balaban J connectivity index is 1.98. The highest BCUT2D eigenvalue weighted by Gasteiger charge is 2.67. The molecule has 10 heteroatoms. The summed E-state index contributed by atoms with van der Waals surface area (Å²) >= 11 is 1.28. The fourth-order valence-electron chi connectivity index (χ4n) is 4.09. The van der Waals surface area contributed by atoms with Crippen molar-refractivity contribution in [3.63, 3.8) is 0 Å². The van der Waals surface area contributed by atoms with Crippen molar-refractivity contribution in [2.24, 2.45) is 10.9 Å². The van der Waals surface area contributed by atoms with Gasteiger partial charge in [0.15, 0.2) is 16.8 Å². The van der Waals surface area contributed by atoms with Crippen LogP contribution in [0.1, 0.15) is 39.7 Å². The summed E-state index contributed by atoms with van der Waals surface area (Å²) in [6.45, 7) is 14.0. The van der Waals surface area contributed by atoms with Crippen molar-refractivity contribution in [3.8, 4) is 0 Å². The van der Waals surface area contributed by atoms with Gasteiger partial charge >= 0.3 is 6.09 Å². The van der Waals surface area contributed by atoms with Crippen molar-refractivity contribution in [3.05, 3.63) is 35.4 Å². The van der Waals surface area contributed by atoms with Gasteiger partial charge in [-0.2, -0.15) is 0 Å². The summed E-state index contributed by atoms with van der Waals surface area (Å²) in [4.78, 5) is 19.3. The number of benzene rings is 1. The average Bonchev–Trinajstić information content (AvgIpc) is 3.44. The van der Waals surface area contributed by atoms with Gasteiger partial charge in [-0.3, -0.25) is 4.99 Å². The topological polar surface area (TPSA) is 71.4 Å². The van der Waals surface area contributed by atoms with Gasteiger partial charge in [0.1, 0.15) is 12.3 Å². The lowest BCUT2D eigenvalue weighted by atomic mass is 9.85. The van der Waals surface area contributed by atoms with E-state index in [1.807, 2.05) is 0 Å². The summed E-state index contributed by atoms with van der Waals surface area (Å²) in [7, 11) is -1.34. The lowest BCUT2D eigenvalue weighted by Crippen LogP contribution is -2.46. The molecule has 3 atom stereocenters. The molecule has 1 heterocycles. The molecule has 1 amide bonds. The van der Waals surface area contributed by atoms with Gasteiger partial charge in [-0.15, -0.1) is 0 Å². The minimum Gasteiger partial charge on any atom is -0.443 e. The van der Waals surface area contributed by atoms with Crippen LogP contribution < -0.4 is 0 Å². The summed E-state index contributed by atoms with van der Waals surface area (Å²) in [5.74, 6) is -2.13. The van der Waals surface area contributed by atoms with Gasteiger partial charge < -0.3 is 14.6 Å². The first-order chi connectivity index (χ1) is 15.6. The monoisotopic (exact) mass is 514 g/mol. The molecule has 6 nitrogen and oxygen atoms in total. The molecule has 1 aromatic carbocycles. The molecule has 1 N–H and O–H groups in total. The van der Waals surface area contributed by atoms with Crippen LogP contribution >= 0.6 is 11.8 Å². The molecule has 1 aromatic rings. The maximum Gasteiger partial charge on any atom is 0.418 e. The second-order valence-corrected chi connectivity index (χ2v) is 18.5. The number of halogens is 2. The highest BCUT2D eigenvalue weighted by atomic mass is 32.2. The van der Waals surface area contributed by atoms with E-state index in [4.69, 9.17) is 14.5 Å². The van der Waals surface area contributed by atoms with E-state index in [9.17, 15) is 18.7 Å². The van der Waals surface area contributed by atoms with Crippen LogP contribution in [0, 0.1) is 17.6 Å². The molecule has 1 fully saturated rings. The van der Waals surface area contributed by atoms with E-state index < -0.39 is 41.7 Å². The van der Waals surface area contributed by atoms with Crippen molar-refractivity contribution < 1.29 is 28.2 Å². The van der Waals surface area contributed by atoms with Gasteiger partial charge in [-0.25, -0.2) is 18.5 Å². The highest BCUT2D eigenvalue weighted by Crippen LogP contribution is 2.66. The van der Waals surface area contributed by atoms with Crippen molar-refractivity contribution in [1.29, 1.82) is 0 Å². The van der Waals surface area contributed by atoms with E-state index in [1.165, 1.54) is 28.8 Å². The molecule has 1 aliphatic carbocycles. The zero-order valence-electron chi connectivity index (χ0n) is 21.1. The zero-order chi connectivity index (χ0) is 25.5. The average molecular weight is 515 g/mol. The number of carbonyl (C=O) groups excluding carboxylic acids is 1. The van der Waals surface area contributed by atoms with E-state index in [0.29, 0.717) is 13.0 Å². The number of fused-ring (bicyclic) bond motifs is 1. The highest BCUT2D eigenvalue weighted by molar-refractivity contribution is 8.15. The van der Waals surface area contributed by atoms with Crippen LogP contribution in [0.15, 0.2) is 23.2 Å². The molecule has 1 saturated carbocycles. The standard InChI is InChI=1S/C24H36F2N2O4SSi/c1-22(2,3)32-21(30)28(15-31-11-12-34(5,6)7)20-27-23(4,18-13-24(18,14-29)33-20)16-9-8-10-17(25)19(16)26/h8-10,18,29H,11-15H2,1-7H3/t18?,23-,24-/m1/s1. The second kappa shape index (κ2) is 9.52. The quantitative estimate of drug-likeness (QED) is 0.292. The molecule has 0 aromatic heterocycles. The number of carbonyl (C=O) groups is 1. The lowest BCUT2D eigenvalue weighted by molar-refractivity contribution is 0.0110. The fourth-order valence-corrected chi connectivity index (χ4v) is 6.37. The fraction of sp³-hybridized carbons (Fsp3) is 0.667. The molecule has 34 heavy (non-hydrogen) atoms. The largest absolute Gasteiger partial charge is 0.443 e. The first kappa shape index (κ1) is 27.1. The number of amides is 1. The van der Waals surface area contributed by atoms with E-state index in [2.05, 4.69) is 19.6 Å². The van der Waals surface area contributed by atoms with Crippen molar-refractivity contribution in [2.45, 2.75) is 75.7 Å². The smallest absolute Gasteiger partial charge is 0.418 e. The van der Waals surface area contributed by atoms with Crippen molar-refractivity contribution in [2.75, 3.05) is 19.9 Å². The molecule has 190 valence electrons. The van der Waals surface area contributed by atoms with Crippen LogP contribution in [0.25, 0.3) is 0 Å². The predicted octanol–water partition coefficient (Wildman–Crippen LogP) is 5.58. The van der Waals surface area contributed by atoms with Crippen LogP contribution in [0.4, 0.5) is 13.6 Å².